The smallest absolute Gasteiger partial charge is 0.407 e. The molecule has 1 unspecified atom stereocenters. The lowest BCUT2D eigenvalue weighted by Crippen LogP contribution is -2.51. The number of hydrogen-bond acceptors (Lipinski definition) is 4. The van der Waals surface area contributed by atoms with Crippen molar-refractivity contribution in [2.45, 2.75) is 19.5 Å². The van der Waals surface area contributed by atoms with Gasteiger partial charge < -0.3 is 30.0 Å². The molecule has 1 aromatic carbocycles. The molecule has 3 N–H and O–H groups in total. The Balaban J connectivity index is 2.22. The quantitative estimate of drug-likeness (QED) is 0.682. The zero-order valence-electron chi connectivity index (χ0n) is 16.5. The highest BCUT2D eigenvalue weighted by atomic mass is 16.4. The Kier molecular flexibility index (Phi) is 8.08. The van der Waals surface area contributed by atoms with E-state index in [1.165, 1.54) is 9.80 Å². The number of carbonyl (C=O) groups is 3. The molecule has 1 aromatic rings. The lowest BCUT2D eigenvalue weighted by Gasteiger charge is -2.35. The van der Waals surface area contributed by atoms with Gasteiger partial charge in [-0.3, -0.25) is 4.90 Å². The number of hydrogen-bond donors (Lipinski definition) is 3. The molecule has 1 fully saturated rings. The van der Waals surface area contributed by atoms with E-state index >= 15 is 0 Å². The molecule has 10 heteroatoms. The Bertz CT molecular complexity index is 701. The number of nitrogens with zero attached hydrogens (tertiary/aromatic N) is 4. The minimum Gasteiger partial charge on any atom is -0.465 e. The predicted molar refractivity (Wildman–Crippen MR) is 105 cm³/mol. The van der Waals surface area contributed by atoms with Crippen LogP contribution in [0, 0.1) is 0 Å². The van der Waals surface area contributed by atoms with Crippen LogP contribution in [0.4, 0.5) is 14.4 Å². The Morgan fingerprint density at radius 2 is 1.24 bits per heavy atom. The summed E-state index contributed by atoms with van der Waals surface area (Å²) in [5.41, 5.74) is 1.05. The van der Waals surface area contributed by atoms with E-state index in [0.29, 0.717) is 13.1 Å². The van der Waals surface area contributed by atoms with Crippen LogP contribution in [-0.4, -0.2) is 105 Å². The number of benzene rings is 1. The number of amides is 3. The van der Waals surface area contributed by atoms with Gasteiger partial charge in [-0.05, 0) is 12.5 Å². The van der Waals surface area contributed by atoms with Crippen molar-refractivity contribution >= 4 is 18.3 Å². The van der Waals surface area contributed by atoms with Gasteiger partial charge in [0, 0.05) is 58.4 Å². The summed E-state index contributed by atoms with van der Waals surface area (Å²) in [5.74, 6) is 0. The van der Waals surface area contributed by atoms with Crippen LogP contribution in [0.5, 0.6) is 0 Å². The maximum absolute atomic E-state index is 11.7. The monoisotopic (exact) mass is 408 g/mol. The van der Waals surface area contributed by atoms with Crippen LogP contribution in [0.15, 0.2) is 30.3 Å². The maximum atomic E-state index is 11.7. The van der Waals surface area contributed by atoms with Crippen LogP contribution in [0.25, 0.3) is 0 Å². The van der Waals surface area contributed by atoms with Crippen LogP contribution < -0.4 is 0 Å². The molecule has 0 bridgehead atoms. The Morgan fingerprint density at radius 3 is 1.72 bits per heavy atom. The standard InChI is InChI=1S/C19H28N4O6/c1-15-13-23(19(28)29)12-10-21(18(26)27)8-7-20(17(24)25)9-11-22(15)14-16-5-3-2-4-6-16/h2-6,15H,7-14H2,1H3,(H,24,25)(H,26,27)(H,28,29). The van der Waals surface area contributed by atoms with Gasteiger partial charge in [0.2, 0.25) is 0 Å². The van der Waals surface area contributed by atoms with E-state index in [-0.39, 0.29) is 45.3 Å². The maximum Gasteiger partial charge on any atom is 0.407 e. The highest BCUT2D eigenvalue weighted by Crippen LogP contribution is 2.11. The summed E-state index contributed by atoms with van der Waals surface area (Å²) in [5, 5.41) is 28.3. The fourth-order valence-electron chi connectivity index (χ4n) is 3.31. The fraction of sp³-hybridized carbons (Fsp3) is 0.526. The zero-order valence-corrected chi connectivity index (χ0v) is 16.5. The second-order valence-corrected chi connectivity index (χ2v) is 7.07. The van der Waals surface area contributed by atoms with Gasteiger partial charge in [0.25, 0.3) is 0 Å². The summed E-state index contributed by atoms with van der Waals surface area (Å²) < 4.78 is 0. The summed E-state index contributed by atoms with van der Waals surface area (Å²) in [6.07, 6.45) is -3.41. The van der Waals surface area contributed by atoms with Crippen LogP contribution in [-0.2, 0) is 6.54 Å². The van der Waals surface area contributed by atoms with Gasteiger partial charge in [0.05, 0.1) is 0 Å². The first-order valence-electron chi connectivity index (χ1n) is 9.49. The molecule has 10 nitrogen and oxygen atoms in total. The molecule has 2 rings (SSSR count). The van der Waals surface area contributed by atoms with Crippen molar-refractivity contribution in [2.75, 3.05) is 45.8 Å². The summed E-state index contributed by atoms with van der Waals surface area (Å²) in [7, 11) is 0. The first kappa shape index (κ1) is 22.3. The predicted octanol–water partition coefficient (Wildman–Crippen LogP) is 1.83. The number of rotatable bonds is 2. The third-order valence-electron chi connectivity index (χ3n) is 5.08. The van der Waals surface area contributed by atoms with E-state index in [9.17, 15) is 29.7 Å². The van der Waals surface area contributed by atoms with Gasteiger partial charge in [-0.25, -0.2) is 14.4 Å². The first-order valence-corrected chi connectivity index (χ1v) is 9.49. The average Bonchev–Trinajstić information content (AvgIpc) is 2.66. The molecule has 1 aliphatic rings. The van der Waals surface area contributed by atoms with Crippen LogP contribution in [0.1, 0.15) is 12.5 Å². The van der Waals surface area contributed by atoms with Crippen molar-refractivity contribution in [2.24, 2.45) is 0 Å². The molecular formula is C19H28N4O6. The number of carboxylic acid groups (broad SMARTS) is 3. The van der Waals surface area contributed by atoms with Crippen molar-refractivity contribution in [3.63, 3.8) is 0 Å². The summed E-state index contributed by atoms with van der Waals surface area (Å²) in [6.45, 7) is 3.29. The van der Waals surface area contributed by atoms with Gasteiger partial charge in [0.1, 0.15) is 0 Å². The summed E-state index contributed by atoms with van der Waals surface area (Å²) >= 11 is 0. The molecular weight excluding hydrogens is 380 g/mol. The van der Waals surface area contributed by atoms with Crippen molar-refractivity contribution in [3.05, 3.63) is 35.9 Å². The summed E-state index contributed by atoms with van der Waals surface area (Å²) in [6, 6.07) is 9.51. The van der Waals surface area contributed by atoms with Crippen molar-refractivity contribution in [3.8, 4) is 0 Å². The second-order valence-electron chi connectivity index (χ2n) is 7.07. The molecule has 1 heterocycles. The second kappa shape index (κ2) is 10.5. The van der Waals surface area contributed by atoms with Crippen LogP contribution in [0.2, 0.25) is 0 Å². The molecule has 0 saturated carbocycles. The fourth-order valence-corrected chi connectivity index (χ4v) is 3.31. The van der Waals surface area contributed by atoms with Gasteiger partial charge in [-0.1, -0.05) is 30.3 Å². The minimum absolute atomic E-state index is 0.0106. The molecule has 29 heavy (non-hydrogen) atoms. The van der Waals surface area contributed by atoms with E-state index in [1.807, 2.05) is 37.3 Å². The third kappa shape index (κ3) is 6.83. The summed E-state index contributed by atoms with van der Waals surface area (Å²) in [4.78, 5) is 40.2. The topological polar surface area (TPSA) is 125 Å². The Hall–Kier alpha value is -3.01. The van der Waals surface area contributed by atoms with E-state index in [4.69, 9.17) is 0 Å². The average molecular weight is 408 g/mol. The van der Waals surface area contributed by atoms with Gasteiger partial charge >= 0.3 is 18.3 Å². The van der Waals surface area contributed by atoms with Crippen LogP contribution in [0.3, 0.4) is 0 Å². The van der Waals surface area contributed by atoms with Crippen molar-refractivity contribution in [1.82, 2.24) is 19.6 Å². The highest BCUT2D eigenvalue weighted by molar-refractivity contribution is 5.67. The molecule has 3 amide bonds. The van der Waals surface area contributed by atoms with E-state index in [1.54, 1.807) is 0 Å². The van der Waals surface area contributed by atoms with Crippen LogP contribution >= 0.6 is 0 Å². The minimum atomic E-state index is -1.20. The molecule has 160 valence electrons. The molecule has 0 spiro atoms. The van der Waals surface area contributed by atoms with E-state index in [0.717, 1.165) is 10.5 Å². The largest absolute Gasteiger partial charge is 0.465 e. The molecule has 1 saturated heterocycles. The molecule has 1 aliphatic heterocycles. The zero-order chi connectivity index (χ0) is 21.4. The van der Waals surface area contributed by atoms with Crippen molar-refractivity contribution in [1.29, 1.82) is 0 Å². The Labute approximate surface area is 169 Å². The third-order valence-corrected chi connectivity index (χ3v) is 5.08. The van der Waals surface area contributed by atoms with E-state index in [2.05, 4.69) is 4.90 Å². The molecule has 0 aliphatic carbocycles. The molecule has 1 atom stereocenters. The lowest BCUT2D eigenvalue weighted by molar-refractivity contribution is 0.0831. The highest BCUT2D eigenvalue weighted by Gasteiger charge is 2.25. The van der Waals surface area contributed by atoms with Gasteiger partial charge in [-0.2, -0.15) is 0 Å². The normalized spacial score (nSPS) is 19.9. The Morgan fingerprint density at radius 1 is 0.793 bits per heavy atom. The SMILES string of the molecule is CC1CN(C(=O)O)CCN(C(=O)O)CCN(C(=O)O)CCN1Cc1ccccc1. The molecule has 0 aromatic heterocycles. The molecule has 0 radical (unpaired) electrons. The van der Waals surface area contributed by atoms with E-state index < -0.39 is 18.3 Å². The van der Waals surface area contributed by atoms with Crippen molar-refractivity contribution < 1.29 is 29.7 Å². The lowest BCUT2D eigenvalue weighted by atomic mass is 10.1. The van der Waals surface area contributed by atoms with Gasteiger partial charge in [-0.15, -0.1) is 0 Å². The first-order chi connectivity index (χ1) is 13.8. The van der Waals surface area contributed by atoms with Gasteiger partial charge in [0.15, 0.2) is 0 Å².